The molecule has 2 aliphatic rings. The number of ether oxygens (including phenoxy) is 1. The second-order valence-corrected chi connectivity index (χ2v) is 8.18. The van der Waals surface area contributed by atoms with E-state index < -0.39 is 5.97 Å². The van der Waals surface area contributed by atoms with Crippen molar-refractivity contribution in [3.63, 3.8) is 0 Å². The highest BCUT2D eigenvalue weighted by Crippen LogP contribution is 2.37. The second-order valence-electron chi connectivity index (χ2n) is 8.18. The van der Waals surface area contributed by atoms with Gasteiger partial charge in [-0.1, -0.05) is 30.3 Å². The van der Waals surface area contributed by atoms with Crippen LogP contribution in [0.5, 0.6) is 5.75 Å². The average Bonchev–Trinajstić information content (AvgIpc) is 3.21. The summed E-state index contributed by atoms with van der Waals surface area (Å²) >= 11 is 0. The Hall–Kier alpha value is -3.71. The normalized spacial score (nSPS) is 20.2. The van der Waals surface area contributed by atoms with Gasteiger partial charge in [0.1, 0.15) is 11.9 Å². The van der Waals surface area contributed by atoms with E-state index in [-0.39, 0.29) is 23.6 Å². The van der Waals surface area contributed by atoms with Crippen LogP contribution in [0.15, 0.2) is 73.1 Å². The van der Waals surface area contributed by atoms with Gasteiger partial charge >= 0.3 is 5.97 Å². The molecule has 3 aromatic rings. The van der Waals surface area contributed by atoms with Crippen LogP contribution in [0.1, 0.15) is 27.9 Å². The van der Waals surface area contributed by atoms with E-state index in [0.717, 1.165) is 16.8 Å². The van der Waals surface area contributed by atoms with Gasteiger partial charge in [0, 0.05) is 31.9 Å². The number of carbonyl (C=O) groups excluding carboxylic acids is 1. The van der Waals surface area contributed by atoms with E-state index in [9.17, 15) is 9.59 Å². The van der Waals surface area contributed by atoms with E-state index >= 15 is 0 Å². The molecule has 1 saturated heterocycles. The van der Waals surface area contributed by atoms with Gasteiger partial charge in [-0.25, -0.2) is 4.79 Å². The molecule has 1 fully saturated rings. The fraction of sp³-hybridized carbons (Fsp3) is 0.240. The van der Waals surface area contributed by atoms with Crippen LogP contribution in [-0.2, 0) is 17.9 Å². The van der Waals surface area contributed by atoms with Crippen LogP contribution in [0.2, 0.25) is 0 Å². The van der Waals surface area contributed by atoms with E-state index in [1.54, 1.807) is 41.6 Å². The van der Waals surface area contributed by atoms with E-state index in [1.807, 2.05) is 36.4 Å². The monoisotopic (exact) mass is 429 g/mol. The van der Waals surface area contributed by atoms with Crippen LogP contribution >= 0.6 is 0 Å². The summed E-state index contributed by atoms with van der Waals surface area (Å²) in [5, 5.41) is 9.13. The molecule has 32 heavy (non-hydrogen) atoms. The first-order chi connectivity index (χ1) is 15.6. The molecule has 2 aromatic carbocycles. The predicted octanol–water partition coefficient (Wildman–Crippen LogP) is 3.35. The number of aromatic nitrogens is 1. The van der Waals surface area contributed by atoms with Crippen molar-refractivity contribution in [2.45, 2.75) is 31.7 Å². The summed E-state index contributed by atoms with van der Waals surface area (Å²) in [6.45, 7) is 1.59. The van der Waals surface area contributed by atoms with Crippen LogP contribution in [-0.4, -0.2) is 45.6 Å². The smallest absolute Gasteiger partial charge is 0.335 e. The number of likely N-dealkylation sites (tertiary alicyclic amines) is 1. The molecule has 7 nitrogen and oxygen atoms in total. The van der Waals surface area contributed by atoms with Gasteiger partial charge in [-0.15, -0.1) is 0 Å². The van der Waals surface area contributed by atoms with E-state index in [4.69, 9.17) is 9.84 Å². The highest BCUT2D eigenvalue weighted by atomic mass is 16.5. The number of rotatable bonds is 5. The lowest BCUT2D eigenvalue weighted by Gasteiger charge is -2.32. The fourth-order valence-corrected chi connectivity index (χ4v) is 4.46. The zero-order valence-corrected chi connectivity index (χ0v) is 17.4. The molecular weight excluding hydrogens is 406 g/mol. The number of pyridine rings is 1. The van der Waals surface area contributed by atoms with Crippen LogP contribution < -0.4 is 9.64 Å². The molecule has 1 N–H and O–H groups in total. The maximum absolute atomic E-state index is 13.8. The predicted molar refractivity (Wildman–Crippen MR) is 119 cm³/mol. The number of anilines is 1. The Morgan fingerprint density at radius 3 is 2.59 bits per heavy atom. The Bertz CT molecular complexity index is 1130. The quantitative estimate of drug-likeness (QED) is 0.670. The summed E-state index contributed by atoms with van der Waals surface area (Å²) in [6, 6.07) is 18.0. The maximum Gasteiger partial charge on any atom is 0.335 e. The second kappa shape index (κ2) is 8.43. The van der Waals surface area contributed by atoms with Crippen molar-refractivity contribution >= 4 is 17.6 Å². The molecule has 1 amide bonds. The van der Waals surface area contributed by atoms with E-state index in [1.165, 1.54) is 0 Å². The average molecular weight is 429 g/mol. The summed E-state index contributed by atoms with van der Waals surface area (Å²) in [5.74, 6) is -0.205. The third kappa shape index (κ3) is 3.94. The molecule has 2 bridgehead atoms. The number of hydrogen-bond donors (Lipinski definition) is 1. The SMILES string of the molecule is O=C(O)c1ccc(CN2CC3CC2C(=O)N(Cc2cccnc2)c2ccccc2O3)cc1. The van der Waals surface area contributed by atoms with Gasteiger partial charge in [-0.05, 0) is 41.5 Å². The number of fused-ring (bicyclic) bond motifs is 3. The van der Waals surface area contributed by atoms with Crippen LogP contribution in [0.25, 0.3) is 0 Å². The number of hydrogen-bond acceptors (Lipinski definition) is 5. The number of benzene rings is 2. The molecule has 1 aromatic heterocycles. The number of para-hydroxylation sites is 2. The number of carboxylic acids is 1. The molecule has 2 aliphatic heterocycles. The van der Waals surface area contributed by atoms with Gasteiger partial charge in [0.15, 0.2) is 0 Å². The van der Waals surface area contributed by atoms with Gasteiger partial charge in [0.25, 0.3) is 0 Å². The third-order valence-electron chi connectivity index (χ3n) is 6.02. The topological polar surface area (TPSA) is 83.0 Å². The summed E-state index contributed by atoms with van der Waals surface area (Å²) in [6.07, 6.45) is 4.02. The Morgan fingerprint density at radius 1 is 1.03 bits per heavy atom. The van der Waals surface area contributed by atoms with Crippen LogP contribution in [0.3, 0.4) is 0 Å². The number of nitrogens with zero attached hydrogens (tertiary/aromatic N) is 3. The molecule has 2 atom stereocenters. The largest absolute Gasteiger partial charge is 0.487 e. The first-order valence-electron chi connectivity index (χ1n) is 10.6. The van der Waals surface area contributed by atoms with E-state index in [0.29, 0.717) is 31.8 Å². The zero-order chi connectivity index (χ0) is 22.1. The number of amides is 1. The molecule has 2 unspecified atom stereocenters. The molecule has 7 heteroatoms. The molecule has 0 aliphatic carbocycles. The van der Waals surface area contributed by atoms with Gasteiger partial charge in [-0.3, -0.25) is 14.7 Å². The standard InChI is InChI=1S/C25H23N3O4/c29-24-22-12-20(16-27(22)14-17-7-9-19(10-8-17)25(30)31)32-23-6-2-1-5-21(23)28(24)15-18-4-3-11-26-13-18/h1-11,13,20,22H,12,14-16H2,(H,30,31). The fourth-order valence-electron chi connectivity index (χ4n) is 4.46. The maximum atomic E-state index is 13.8. The highest BCUT2D eigenvalue weighted by Gasteiger charge is 2.42. The van der Waals surface area contributed by atoms with Gasteiger partial charge in [0.2, 0.25) is 5.91 Å². The minimum absolute atomic E-state index is 0.0364. The lowest BCUT2D eigenvalue weighted by atomic mass is 10.1. The number of carboxylic acid groups (broad SMARTS) is 1. The molecule has 0 spiro atoms. The van der Waals surface area contributed by atoms with Crippen molar-refractivity contribution in [1.29, 1.82) is 0 Å². The Morgan fingerprint density at radius 2 is 1.84 bits per heavy atom. The third-order valence-corrected chi connectivity index (χ3v) is 6.02. The summed E-state index contributed by atoms with van der Waals surface area (Å²) in [5.41, 5.74) is 2.93. The Labute approximate surface area is 185 Å². The Kier molecular flexibility index (Phi) is 5.33. The van der Waals surface area contributed by atoms with Crippen LogP contribution in [0.4, 0.5) is 5.69 Å². The van der Waals surface area contributed by atoms with Gasteiger partial charge < -0.3 is 14.7 Å². The minimum Gasteiger partial charge on any atom is -0.487 e. The van der Waals surface area contributed by atoms with Crippen molar-refractivity contribution in [3.8, 4) is 5.75 Å². The summed E-state index contributed by atoms with van der Waals surface area (Å²) < 4.78 is 6.33. The lowest BCUT2D eigenvalue weighted by Crippen LogP contribution is -2.45. The summed E-state index contributed by atoms with van der Waals surface area (Å²) in [4.78, 5) is 33.0. The van der Waals surface area contributed by atoms with Crippen molar-refractivity contribution in [2.24, 2.45) is 0 Å². The number of aromatic carboxylic acids is 1. The molecule has 0 radical (unpaired) electrons. The van der Waals surface area contributed by atoms with Crippen LogP contribution in [0, 0.1) is 0 Å². The lowest BCUT2D eigenvalue weighted by molar-refractivity contribution is -0.123. The van der Waals surface area contributed by atoms with Crippen molar-refractivity contribution in [1.82, 2.24) is 9.88 Å². The van der Waals surface area contributed by atoms with Crippen molar-refractivity contribution in [3.05, 3.63) is 89.7 Å². The van der Waals surface area contributed by atoms with Crippen molar-refractivity contribution < 1.29 is 19.4 Å². The highest BCUT2D eigenvalue weighted by molar-refractivity contribution is 5.99. The number of carbonyl (C=O) groups is 2. The first-order valence-corrected chi connectivity index (χ1v) is 10.6. The zero-order valence-electron chi connectivity index (χ0n) is 17.4. The molecular formula is C25H23N3O4. The first kappa shape index (κ1) is 20.2. The molecule has 0 saturated carbocycles. The molecule has 162 valence electrons. The minimum atomic E-state index is -0.950. The molecule has 5 rings (SSSR count). The van der Waals surface area contributed by atoms with Gasteiger partial charge in [-0.2, -0.15) is 0 Å². The summed E-state index contributed by atoms with van der Waals surface area (Å²) in [7, 11) is 0. The Balaban J connectivity index is 1.44. The van der Waals surface area contributed by atoms with E-state index in [2.05, 4.69) is 9.88 Å². The van der Waals surface area contributed by atoms with Crippen molar-refractivity contribution in [2.75, 3.05) is 11.4 Å². The molecule has 3 heterocycles. The van der Waals surface area contributed by atoms with Gasteiger partial charge in [0.05, 0.1) is 23.8 Å².